The summed E-state index contributed by atoms with van der Waals surface area (Å²) in [6, 6.07) is 8.73. The van der Waals surface area contributed by atoms with Crippen LogP contribution in [0.1, 0.15) is 6.92 Å². The van der Waals surface area contributed by atoms with Crippen molar-refractivity contribution >= 4 is 11.7 Å². The molecule has 2 heterocycles. The number of nitrogens with zero attached hydrogens (tertiary/aromatic N) is 3. The minimum Gasteiger partial charge on any atom is -0.478 e. The standard InChI is InChI=1S/C18H19F2N3O2/c1-13(25-16-6-5-14(19)12-15(16)20)18(24)23-10-8-22(9-11-23)17-4-2-3-7-21-17/h2-7,12-13H,8-11H2,1H3/t13-/m1/s1. The Morgan fingerprint density at radius 1 is 1.16 bits per heavy atom. The fraction of sp³-hybridized carbons (Fsp3) is 0.333. The van der Waals surface area contributed by atoms with Gasteiger partial charge in [0.05, 0.1) is 0 Å². The predicted molar refractivity (Wildman–Crippen MR) is 89.5 cm³/mol. The van der Waals surface area contributed by atoms with Gasteiger partial charge in [0.25, 0.3) is 5.91 Å². The van der Waals surface area contributed by atoms with E-state index in [1.807, 2.05) is 18.2 Å². The van der Waals surface area contributed by atoms with Gasteiger partial charge in [-0.15, -0.1) is 0 Å². The Morgan fingerprint density at radius 3 is 2.56 bits per heavy atom. The molecule has 0 spiro atoms. The van der Waals surface area contributed by atoms with Crippen LogP contribution in [0.5, 0.6) is 5.75 Å². The largest absolute Gasteiger partial charge is 0.478 e. The zero-order valence-electron chi connectivity index (χ0n) is 13.9. The van der Waals surface area contributed by atoms with E-state index in [0.29, 0.717) is 26.2 Å². The van der Waals surface area contributed by atoms with Gasteiger partial charge in [-0.25, -0.2) is 13.8 Å². The van der Waals surface area contributed by atoms with Crippen molar-refractivity contribution in [1.29, 1.82) is 0 Å². The molecule has 0 bridgehead atoms. The predicted octanol–water partition coefficient (Wildman–Crippen LogP) is 2.48. The highest BCUT2D eigenvalue weighted by Gasteiger charge is 2.27. The summed E-state index contributed by atoms with van der Waals surface area (Å²) in [7, 11) is 0. The number of ether oxygens (including phenoxy) is 1. The molecule has 3 rings (SSSR count). The summed E-state index contributed by atoms with van der Waals surface area (Å²) in [5.74, 6) is -0.972. The fourth-order valence-electron chi connectivity index (χ4n) is 2.77. The van der Waals surface area contributed by atoms with Crippen LogP contribution in [0, 0.1) is 11.6 Å². The van der Waals surface area contributed by atoms with Gasteiger partial charge in [0.2, 0.25) is 0 Å². The van der Waals surface area contributed by atoms with E-state index >= 15 is 0 Å². The molecule has 1 aliphatic heterocycles. The highest BCUT2D eigenvalue weighted by Crippen LogP contribution is 2.20. The smallest absolute Gasteiger partial charge is 0.263 e. The summed E-state index contributed by atoms with van der Waals surface area (Å²) in [5, 5.41) is 0. The van der Waals surface area contributed by atoms with E-state index in [1.165, 1.54) is 6.07 Å². The first-order chi connectivity index (χ1) is 12.0. The van der Waals surface area contributed by atoms with Gasteiger partial charge in [-0.05, 0) is 31.2 Å². The first-order valence-electron chi connectivity index (χ1n) is 8.11. The van der Waals surface area contributed by atoms with Crippen LogP contribution in [-0.4, -0.2) is 48.1 Å². The van der Waals surface area contributed by atoms with Gasteiger partial charge in [-0.1, -0.05) is 6.07 Å². The SMILES string of the molecule is C[C@@H](Oc1ccc(F)cc1F)C(=O)N1CCN(c2ccccn2)CC1. The number of pyridine rings is 1. The minimum absolute atomic E-state index is 0.130. The molecule has 0 saturated carbocycles. The number of hydrogen-bond acceptors (Lipinski definition) is 4. The molecule has 0 unspecified atom stereocenters. The summed E-state index contributed by atoms with van der Waals surface area (Å²) in [5.41, 5.74) is 0. The molecule has 25 heavy (non-hydrogen) atoms. The molecule has 1 aromatic heterocycles. The minimum atomic E-state index is -0.846. The molecule has 1 fully saturated rings. The van der Waals surface area contributed by atoms with Gasteiger partial charge in [-0.2, -0.15) is 0 Å². The number of rotatable bonds is 4. The highest BCUT2D eigenvalue weighted by atomic mass is 19.1. The molecule has 1 saturated heterocycles. The third kappa shape index (κ3) is 4.04. The van der Waals surface area contributed by atoms with E-state index in [0.717, 1.165) is 18.0 Å². The Kier molecular flexibility index (Phi) is 5.11. The number of carbonyl (C=O) groups excluding carboxylic acids is 1. The van der Waals surface area contributed by atoms with E-state index in [2.05, 4.69) is 9.88 Å². The van der Waals surface area contributed by atoms with Crippen LogP contribution in [0.25, 0.3) is 0 Å². The van der Waals surface area contributed by atoms with Crippen LogP contribution in [0.15, 0.2) is 42.6 Å². The Bertz CT molecular complexity index is 734. The van der Waals surface area contributed by atoms with Crippen molar-refractivity contribution in [3.05, 3.63) is 54.2 Å². The summed E-state index contributed by atoms with van der Waals surface area (Å²) < 4.78 is 32.0. The average molecular weight is 347 g/mol. The highest BCUT2D eigenvalue weighted by molar-refractivity contribution is 5.81. The van der Waals surface area contributed by atoms with Crippen molar-refractivity contribution in [2.45, 2.75) is 13.0 Å². The Morgan fingerprint density at radius 2 is 1.92 bits per heavy atom. The van der Waals surface area contributed by atoms with Crippen LogP contribution in [0.2, 0.25) is 0 Å². The molecule has 1 aromatic carbocycles. The van der Waals surface area contributed by atoms with Gasteiger partial charge in [-0.3, -0.25) is 4.79 Å². The lowest BCUT2D eigenvalue weighted by molar-refractivity contribution is -0.138. The first kappa shape index (κ1) is 17.1. The van der Waals surface area contributed by atoms with Crippen molar-refractivity contribution in [3.8, 4) is 5.75 Å². The van der Waals surface area contributed by atoms with Crippen LogP contribution in [0.3, 0.4) is 0 Å². The lowest BCUT2D eigenvalue weighted by atomic mass is 10.2. The lowest BCUT2D eigenvalue weighted by Crippen LogP contribution is -2.52. The molecule has 5 nitrogen and oxygen atoms in total. The summed E-state index contributed by atoms with van der Waals surface area (Å²) in [6.45, 7) is 3.97. The van der Waals surface area contributed by atoms with Gasteiger partial charge in [0, 0.05) is 38.4 Å². The molecule has 0 N–H and O–H groups in total. The fourth-order valence-corrected chi connectivity index (χ4v) is 2.77. The Labute approximate surface area is 144 Å². The Balaban J connectivity index is 1.56. The van der Waals surface area contributed by atoms with Crippen LogP contribution in [0.4, 0.5) is 14.6 Å². The maximum absolute atomic E-state index is 13.7. The summed E-state index contributed by atoms with van der Waals surface area (Å²) in [4.78, 5) is 20.6. The molecule has 1 atom stereocenters. The zero-order chi connectivity index (χ0) is 17.8. The van der Waals surface area contributed by atoms with Crippen molar-refractivity contribution in [1.82, 2.24) is 9.88 Å². The number of aromatic nitrogens is 1. The van der Waals surface area contributed by atoms with Crippen molar-refractivity contribution in [2.75, 3.05) is 31.1 Å². The molecule has 0 radical (unpaired) electrons. The monoisotopic (exact) mass is 347 g/mol. The van der Waals surface area contributed by atoms with Crippen LogP contribution < -0.4 is 9.64 Å². The number of hydrogen-bond donors (Lipinski definition) is 0. The quantitative estimate of drug-likeness (QED) is 0.852. The van der Waals surface area contributed by atoms with Gasteiger partial charge in [0.15, 0.2) is 17.7 Å². The van der Waals surface area contributed by atoms with E-state index in [9.17, 15) is 13.6 Å². The molecular weight excluding hydrogens is 328 g/mol. The van der Waals surface area contributed by atoms with Gasteiger partial charge in [0.1, 0.15) is 11.6 Å². The Hall–Kier alpha value is -2.70. The first-order valence-corrected chi connectivity index (χ1v) is 8.11. The molecule has 132 valence electrons. The van der Waals surface area contributed by atoms with E-state index in [1.54, 1.807) is 18.0 Å². The lowest BCUT2D eigenvalue weighted by Gasteiger charge is -2.36. The maximum Gasteiger partial charge on any atom is 0.263 e. The number of benzene rings is 1. The topological polar surface area (TPSA) is 45.7 Å². The van der Waals surface area contributed by atoms with E-state index in [4.69, 9.17) is 4.74 Å². The molecule has 1 aliphatic rings. The average Bonchev–Trinajstić information content (AvgIpc) is 2.64. The third-order valence-electron chi connectivity index (χ3n) is 4.11. The number of halogens is 2. The second-order valence-electron chi connectivity index (χ2n) is 5.84. The zero-order valence-corrected chi connectivity index (χ0v) is 13.9. The van der Waals surface area contributed by atoms with Crippen molar-refractivity contribution in [3.63, 3.8) is 0 Å². The second kappa shape index (κ2) is 7.46. The molecule has 0 aliphatic carbocycles. The van der Waals surface area contributed by atoms with Crippen molar-refractivity contribution in [2.24, 2.45) is 0 Å². The van der Waals surface area contributed by atoms with Gasteiger partial charge >= 0.3 is 0 Å². The van der Waals surface area contributed by atoms with E-state index in [-0.39, 0.29) is 11.7 Å². The molecular formula is C18H19F2N3O2. The van der Waals surface area contributed by atoms with Crippen LogP contribution >= 0.6 is 0 Å². The maximum atomic E-state index is 13.7. The number of carbonyl (C=O) groups is 1. The summed E-state index contributed by atoms with van der Waals surface area (Å²) >= 11 is 0. The van der Waals surface area contributed by atoms with Gasteiger partial charge < -0.3 is 14.5 Å². The number of amides is 1. The third-order valence-corrected chi connectivity index (χ3v) is 4.11. The number of piperazine rings is 1. The summed E-state index contributed by atoms with van der Waals surface area (Å²) in [6.07, 6.45) is 0.890. The normalized spacial score (nSPS) is 15.8. The van der Waals surface area contributed by atoms with Crippen LogP contribution in [-0.2, 0) is 4.79 Å². The molecule has 7 heteroatoms. The number of anilines is 1. The van der Waals surface area contributed by atoms with E-state index < -0.39 is 17.7 Å². The molecule has 1 amide bonds. The van der Waals surface area contributed by atoms with Crippen molar-refractivity contribution < 1.29 is 18.3 Å². The molecule has 2 aromatic rings. The second-order valence-corrected chi connectivity index (χ2v) is 5.84.